The SMILES string of the molecule is O=C(O)COc1ccc(SCC=C(c2ccc(-c3cccs3)cc2)c2ccc(-c3cccs3)cc2)cc1. The summed E-state index contributed by atoms with van der Waals surface area (Å²) in [6.45, 7) is -0.338. The van der Waals surface area contributed by atoms with Gasteiger partial charge < -0.3 is 9.84 Å². The van der Waals surface area contributed by atoms with Gasteiger partial charge in [0.2, 0.25) is 0 Å². The zero-order valence-electron chi connectivity index (χ0n) is 19.9. The van der Waals surface area contributed by atoms with Crippen molar-refractivity contribution in [3.8, 4) is 26.6 Å². The van der Waals surface area contributed by atoms with E-state index >= 15 is 0 Å². The molecule has 0 unspecified atom stereocenters. The number of thiophene rings is 2. The van der Waals surface area contributed by atoms with Crippen LogP contribution in [0.25, 0.3) is 26.5 Å². The van der Waals surface area contributed by atoms with Gasteiger partial charge in [-0.05, 0) is 75.0 Å². The summed E-state index contributed by atoms with van der Waals surface area (Å²) in [4.78, 5) is 14.3. The molecule has 5 aromatic rings. The lowest BCUT2D eigenvalue weighted by atomic mass is 9.95. The lowest BCUT2D eigenvalue weighted by Gasteiger charge is -2.11. The molecule has 37 heavy (non-hydrogen) atoms. The molecule has 0 radical (unpaired) electrons. The summed E-state index contributed by atoms with van der Waals surface area (Å²) in [7, 11) is 0. The van der Waals surface area contributed by atoms with Crippen molar-refractivity contribution in [1.82, 2.24) is 0 Å². The highest BCUT2D eigenvalue weighted by Crippen LogP contribution is 2.32. The molecule has 0 aliphatic carbocycles. The van der Waals surface area contributed by atoms with Crippen LogP contribution >= 0.6 is 34.4 Å². The molecule has 6 heteroatoms. The average Bonchev–Trinajstić information content (AvgIpc) is 3.66. The minimum atomic E-state index is -0.983. The first kappa shape index (κ1) is 25.1. The van der Waals surface area contributed by atoms with Crippen LogP contribution in [0.2, 0.25) is 0 Å². The highest BCUT2D eigenvalue weighted by molar-refractivity contribution is 7.99. The normalized spacial score (nSPS) is 10.7. The first-order chi connectivity index (χ1) is 18.2. The number of rotatable bonds is 10. The van der Waals surface area contributed by atoms with Crippen LogP contribution in [0.3, 0.4) is 0 Å². The van der Waals surface area contributed by atoms with E-state index in [2.05, 4.69) is 89.6 Å². The maximum absolute atomic E-state index is 10.7. The average molecular weight is 541 g/mol. The molecule has 0 aliphatic heterocycles. The molecule has 0 aliphatic rings. The van der Waals surface area contributed by atoms with Crippen LogP contribution in [-0.2, 0) is 4.79 Å². The molecule has 3 nitrogen and oxygen atoms in total. The molecule has 5 rings (SSSR count). The van der Waals surface area contributed by atoms with Gasteiger partial charge >= 0.3 is 5.97 Å². The van der Waals surface area contributed by atoms with E-state index in [4.69, 9.17) is 9.84 Å². The second kappa shape index (κ2) is 12.1. The van der Waals surface area contributed by atoms with Crippen LogP contribution in [0, 0.1) is 0 Å². The Morgan fingerprint density at radius 1 is 0.757 bits per heavy atom. The third-order valence-electron chi connectivity index (χ3n) is 5.73. The van der Waals surface area contributed by atoms with Gasteiger partial charge in [0.1, 0.15) is 5.75 Å². The molecule has 0 bridgehead atoms. The predicted octanol–water partition coefficient (Wildman–Crippen LogP) is 8.83. The monoisotopic (exact) mass is 540 g/mol. The Labute approximate surface area is 228 Å². The second-order valence-corrected chi connectivity index (χ2v) is 11.2. The van der Waals surface area contributed by atoms with E-state index in [1.807, 2.05) is 24.3 Å². The van der Waals surface area contributed by atoms with Gasteiger partial charge in [0.15, 0.2) is 6.61 Å². The molecule has 1 N–H and O–H groups in total. The number of ether oxygens (including phenoxy) is 1. The molecule has 0 atom stereocenters. The largest absolute Gasteiger partial charge is 0.482 e. The van der Waals surface area contributed by atoms with E-state index in [0.29, 0.717) is 5.75 Å². The quantitative estimate of drug-likeness (QED) is 0.180. The zero-order chi connectivity index (χ0) is 25.5. The fourth-order valence-corrected chi connectivity index (χ4v) is 6.15. The number of carboxylic acids is 1. The van der Waals surface area contributed by atoms with Crippen LogP contribution in [0.15, 0.2) is 119 Å². The Hall–Kier alpha value is -3.58. The van der Waals surface area contributed by atoms with E-state index in [1.165, 1.54) is 37.6 Å². The van der Waals surface area contributed by atoms with Gasteiger partial charge in [0, 0.05) is 20.4 Å². The highest BCUT2D eigenvalue weighted by atomic mass is 32.2. The van der Waals surface area contributed by atoms with Crippen LogP contribution < -0.4 is 4.74 Å². The van der Waals surface area contributed by atoms with Gasteiger partial charge in [0.05, 0.1) is 0 Å². The first-order valence-electron chi connectivity index (χ1n) is 11.7. The van der Waals surface area contributed by atoms with Crippen molar-refractivity contribution in [3.63, 3.8) is 0 Å². The van der Waals surface area contributed by atoms with Crippen molar-refractivity contribution in [2.75, 3.05) is 12.4 Å². The van der Waals surface area contributed by atoms with E-state index < -0.39 is 5.97 Å². The molecule has 0 amide bonds. The number of benzene rings is 3. The Kier molecular flexibility index (Phi) is 8.21. The van der Waals surface area contributed by atoms with Gasteiger partial charge in [-0.2, -0.15) is 0 Å². The molecule has 2 heterocycles. The molecule has 0 spiro atoms. The fraction of sp³-hybridized carbons (Fsp3) is 0.0645. The summed E-state index contributed by atoms with van der Waals surface area (Å²) in [6.07, 6.45) is 2.28. The van der Waals surface area contributed by atoms with Crippen molar-refractivity contribution < 1.29 is 14.6 Å². The van der Waals surface area contributed by atoms with E-state index in [-0.39, 0.29) is 6.61 Å². The standard InChI is InChI=1S/C31H24O3S3/c32-31(33)21-34-26-13-15-27(16-14-26)35-20-17-28(22-5-9-24(10-6-22)29-3-1-18-36-29)23-7-11-25(12-8-23)30-4-2-19-37-30/h1-19H,20-21H2,(H,32,33). The maximum Gasteiger partial charge on any atom is 0.341 e. The number of aliphatic carboxylic acids is 1. The smallest absolute Gasteiger partial charge is 0.341 e. The first-order valence-corrected chi connectivity index (χ1v) is 14.5. The maximum atomic E-state index is 10.7. The lowest BCUT2D eigenvalue weighted by Crippen LogP contribution is -2.09. The van der Waals surface area contributed by atoms with E-state index in [9.17, 15) is 4.79 Å². The number of hydrogen-bond acceptors (Lipinski definition) is 5. The van der Waals surface area contributed by atoms with Gasteiger partial charge in [-0.3, -0.25) is 0 Å². The topological polar surface area (TPSA) is 46.5 Å². The third kappa shape index (κ3) is 6.60. The zero-order valence-corrected chi connectivity index (χ0v) is 22.3. The lowest BCUT2D eigenvalue weighted by molar-refractivity contribution is -0.139. The number of carbonyl (C=O) groups is 1. The van der Waals surface area contributed by atoms with Crippen molar-refractivity contribution in [2.24, 2.45) is 0 Å². The van der Waals surface area contributed by atoms with Gasteiger partial charge in [0.25, 0.3) is 0 Å². The highest BCUT2D eigenvalue weighted by Gasteiger charge is 2.08. The summed E-state index contributed by atoms with van der Waals surface area (Å²) in [6, 6.07) is 33.6. The fourth-order valence-electron chi connectivity index (χ4n) is 3.91. The van der Waals surface area contributed by atoms with E-state index in [0.717, 1.165) is 10.6 Å². The van der Waals surface area contributed by atoms with Crippen molar-refractivity contribution >= 4 is 46.0 Å². The molecule has 2 aromatic heterocycles. The molecule has 184 valence electrons. The van der Waals surface area contributed by atoms with Gasteiger partial charge in [-0.15, -0.1) is 34.4 Å². The van der Waals surface area contributed by atoms with Crippen LogP contribution in [0.5, 0.6) is 5.75 Å². The van der Waals surface area contributed by atoms with Crippen LogP contribution in [0.1, 0.15) is 11.1 Å². The number of hydrogen-bond donors (Lipinski definition) is 1. The molecular formula is C31H24O3S3. The molecule has 0 saturated carbocycles. The third-order valence-corrected chi connectivity index (χ3v) is 8.50. The summed E-state index contributed by atoms with van der Waals surface area (Å²) >= 11 is 5.23. The molecule has 0 saturated heterocycles. The Morgan fingerprint density at radius 3 is 1.76 bits per heavy atom. The number of thioether (sulfide) groups is 1. The summed E-state index contributed by atoms with van der Waals surface area (Å²) in [5, 5.41) is 13.0. The number of carboxylic acid groups (broad SMARTS) is 1. The van der Waals surface area contributed by atoms with Gasteiger partial charge in [-0.25, -0.2) is 4.79 Å². The summed E-state index contributed by atoms with van der Waals surface area (Å²) < 4.78 is 5.23. The second-order valence-electron chi connectivity index (χ2n) is 8.19. The van der Waals surface area contributed by atoms with Gasteiger partial charge in [-0.1, -0.05) is 66.7 Å². The Balaban J connectivity index is 1.36. The van der Waals surface area contributed by atoms with Crippen LogP contribution in [0.4, 0.5) is 0 Å². The van der Waals surface area contributed by atoms with E-state index in [1.54, 1.807) is 34.4 Å². The van der Waals surface area contributed by atoms with Crippen molar-refractivity contribution in [2.45, 2.75) is 4.90 Å². The molecule has 0 fully saturated rings. The minimum absolute atomic E-state index is 0.338. The summed E-state index contributed by atoms with van der Waals surface area (Å²) in [5.74, 6) is 0.368. The van der Waals surface area contributed by atoms with Crippen molar-refractivity contribution in [1.29, 1.82) is 0 Å². The molecular weight excluding hydrogens is 517 g/mol. The van der Waals surface area contributed by atoms with Crippen molar-refractivity contribution in [3.05, 3.63) is 125 Å². The Morgan fingerprint density at radius 2 is 1.30 bits per heavy atom. The van der Waals surface area contributed by atoms with Crippen LogP contribution in [-0.4, -0.2) is 23.4 Å². The predicted molar refractivity (Wildman–Crippen MR) is 157 cm³/mol. The minimum Gasteiger partial charge on any atom is -0.482 e. The molecule has 3 aromatic carbocycles. The summed E-state index contributed by atoms with van der Waals surface area (Å²) in [5.41, 5.74) is 6.02. The Bertz CT molecular complexity index is 1370.